The number of nitrogens with one attached hydrogen (secondary N) is 1. The Labute approximate surface area is 128 Å². The van der Waals surface area contributed by atoms with Gasteiger partial charge in [-0.2, -0.15) is 0 Å². The van der Waals surface area contributed by atoms with Crippen molar-refractivity contribution in [2.45, 2.75) is 32.2 Å². The third-order valence-electron chi connectivity index (χ3n) is 2.99. The lowest BCUT2D eigenvalue weighted by atomic mass is 10.2. The molecule has 0 aliphatic rings. The van der Waals surface area contributed by atoms with E-state index in [9.17, 15) is 13.2 Å². The van der Waals surface area contributed by atoms with Crippen LogP contribution in [0, 0.1) is 13.8 Å². The average molecular weight is 324 g/mol. The molecule has 1 aromatic heterocycles. The summed E-state index contributed by atoms with van der Waals surface area (Å²) in [6.07, 6.45) is 0. The Morgan fingerprint density at radius 2 is 1.86 bits per heavy atom. The van der Waals surface area contributed by atoms with Gasteiger partial charge in [-0.05, 0) is 32.9 Å². The van der Waals surface area contributed by atoms with Crippen LogP contribution in [0.5, 0.6) is 0 Å². The molecule has 7 heteroatoms. The predicted octanol–water partition coefficient (Wildman–Crippen LogP) is 2.44. The first-order valence-corrected chi connectivity index (χ1v) is 8.63. The summed E-state index contributed by atoms with van der Waals surface area (Å²) in [6, 6.07) is 5.89. The van der Waals surface area contributed by atoms with Gasteiger partial charge in [-0.3, -0.25) is 4.79 Å². The molecule has 2 rings (SSSR count). The monoisotopic (exact) mass is 324 g/mol. The van der Waals surface area contributed by atoms with Gasteiger partial charge >= 0.3 is 0 Å². The number of aryl methyl sites for hydroxylation is 2. The maximum Gasteiger partial charge on any atom is 0.240 e. The first-order chi connectivity index (χ1) is 9.79. The van der Waals surface area contributed by atoms with Crippen molar-refractivity contribution in [2.75, 3.05) is 0 Å². The minimum Gasteiger partial charge on any atom is -0.295 e. The SMILES string of the molecule is CC(=O)c1ccc(S(=O)(=O)NCc2sc(C)nc2C)cc1. The van der Waals surface area contributed by atoms with Gasteiger partial charge in [0.05, 0.1) is 15.6 Å². The van der Waals surface area contributed by atoms with Crippen LogP contribution in [0.25, 0.3) is 0 Å². The van der Waals surface area contributed by atoms with Gasteiger partial charge in [0.15, 0.2) is 5.78 Å². The van der Waals surface area contributed by atoms with Gasteiger partial charge < -0.3 is 0 Å². The molecule has 0 fully saturated rings. The number of hydrogen-bond acceptors (Lipinski definition) is 5. The number of nitrogens with zero attached hydrogens (tertiary/aromatic N) is 1. The molecule has 0 bridgehead atoms. The highest BCUT2D eigenvalue weighted by molar-refractivity contribution is 7.89. The molecular formula is C14H16N2O3S2. The fourth-order valence-corrected chi connectivity index (χ4v) is 3.81. The Morgan fingerprint density at radius 3 is 2.33 bits per heavy atom. The molecule has 21 heavy (non-hydrogen) atoms. The minimum absolute atomic E-state index is 0.0948. The highest BCUT2D eigenvalue weighted by Gasteiger charge is 2.15. The van der Waals surface area contributed by atoms with Crippen molar-refractivity contribution in [1.82, 2.24) is 9.71 Å². The van der Waals surface area contributed by atoms with Crippen molar-refractivity contribution < 1.29 is 13.2 Å². The Balaban J connectivity index is 2.14. The fourth-order valence-electron chi connectivity index (χ4n) is 1.85. The van der Waals surface area contributed by atoms with Crippen LogP contribution in [0.15, 0.2) is 29.2 Å². The van der Waals surface area contributed by atoms with Crippen molar-refractivity contribution in [3.8, 4) is 0 Å². The summed E-state index contributed by atoms with van der Waals surface area (Å²) in [5.74, 6) is -0.0948. The Kier molecular flexibility index (Phi) is 4.55. The second-order valence-corrected chi connectivity index (χ2v) is 7.70. The third-order valence-corrected chi connectivity index (χ3v) is 5.48. The van der Waals surface area contributed by atoms with E-state index in [4.69, 9.17) is 0 Å². The number of carbonyl (C=O) groups excluding carboxylic acids is 1. The molecule has 0 aliphatic carbocycles. The summed E-state index contributed by atoms with van der Waals surface area (Å²) < 4.78 is 26.9. The number of ketones is 1. The molecule has 5 nitrogen and oxygen atoms in total. The number of hydrogen-bond donors (Lipinski definition) is 1. The quantitative estimate of drug-likeness (QED) is 0.857. The van der Waals surface area contributed by atoms with E-state index in [-0.39, 0.29) is 17.2 Å². The molecule has 0 saturated carbocycles. The molecule has 0 aliphatic heterocycles. The van der Waals surface area contributed by atoms with Crippen molar-refractivity contribution in [3.05, 3.63) is 45.4 Å². The fraction of sp³-hybridized carbons (Fsp3) is 0.286. The number of carbonyl (C=O) groups is 1. The van der Waals surface area contributed by atoms with E-state index in [2.05, 4.69) is 9.71 Å². The van der Waals surface area contributed by atoms with Gasteiger partial charge in [0, 0.05) is 17.0 Å². The zero-order valence-corrected chi connectivity index (χ0v) is 13.6. The second kappa shape index (κ2) is 6.05. The first kappa shape index (κ1) is 15.8. The van der Waals surface area contributed by atoms with E-state index in [0.29, 0.717) is 5.56 Å². The van der Waals surface area contributed by atoms with E-state index in [1.807, 2.05) is 13.8 Å². The first-order valence-electron chi connectivity index (χ1n) is 6.33. The van der Waals surface area contributed by atoms with Gasteiger partial charge in [-0.1, -0.05) is 12.1 Å². The van der Waals surface area contributed by atoms with Crippen molar-refractivity contribution >= 4 is 27.1 Å². The van der Waals surface area contributed by atoms with Crippen LogP contribution in [0.4, 0.5) is 0 Å². The summed E-state index contributed by atoms with van der Waals surface area (Å²) in [6.45, 7) is 5.40. The molecule has 0 unspecified atom stereocenters. The Hall–Kier alpha value is -1.57. The lowest BCUT2D eigenvalue weighted by molar-refractivity contribution is 0.101. The summed E-state index contributed by atoms with van der Waals surface area (Å²) in [4.78, 5) is 16.5. The van der Waals surface area contributed by atoms with Crippen molar-refractivity contribution in [3.63, 3.8) is 0 Å². The van der Waals surface area contributed by atoms with Crippen molar-refractivity contribution in [1.29, 1.82) is 0 Å². The summed E-state index contributed by atoms with van der Waals surface area (Å²) in [7, 11) is -3.59. The predicted molar refractivity (Wildman–Crippen MR) is 82.1 cm³/mol. The van der Waals surface area contributed by atoms with Crippen LogP contribution in [0.1, 0.15) is 32.9 Å². The van der Waals surface area contributed by atoms with Gasteiger partial charge in [-0.25, -0.2) is 18.1 Å². The van der Waals surface area contributed by atoms with Crippen LogP contribution in [0.2, 0.25) is 0 Å². The highest BCUT2D eigenvalue weighted by Crippen LogP contribution is 2.18. The number of aromatic nitrogens is 1. The molecule has 0 amide bonds. The lowest BCUT2D eigenvalue weighted by Crippen LogP contribution is -2.23. The van der Waals surface area contributed by atoms with Crippen LogP contribution in [-0.4, -0.2) is 19.2 Å². The molecular weight excluding hydrogens is 308 g/mol. The summed E-state index contributed by atoms with van der Waals surface area (Å²) in [5.41, 5.74) is 1.33. The molecule has 2 aromatic rings. The van der Waals surface area contributed by atoms with E-state index >= 15 is 0 Å². The van der Waals surface area contributed by atoms with E-state index in [0.717, 1.165) is 15.6 Å². The smallest absolute Gasteiger partial charge is 0.240 e. The Morgan fingerprint density at radius 1 is 1.24 bits per heavy atom. The zero-order chi connectivity index (χ0) is 15.6. The largest absolute Gasteiger partial charge is 0.295 e. The lowest BCUT2D eigenvalue weighted by Gasteiger charge is -2.06. The standard InChI is InChI=1S/C14H16N2O3S2/c1-9-14(20-11(3)16-9)8-15-21(18,19)13-6-4-12(5-7-13)10(2)17/h4-7,15H,8H2,1-3H3. The van der Waals surface area contributed by atoms with Crippen LogP contribution in [0.3, 0.4) is 0 Å². The molecule has 0 saturated heterocycles. The maximum absolute atomic E-state index is 12.2. The number of benzene rings is 1. The highest BCUT2D eigenvalue weighted by atomic mass is 32.2. The molecule has 112 valence electrons. The minimum atomic E-state index is -3.59. The molecule has 0 spiro atoms. The van der Waals surface area contributed by atoms with Gasteiger partial charge in [0.1, 0.15) is 0 Å². The number of sulfonamides is 1. The van der Waals surface area contributed by atoms with Crippen LogP contribution in [-0.2, 0) is 16.6 Å². The second-order valence-electron chi connectivity index (χ2n) is 4.65. The number of Topliss-reactive ketones (excluding diaryl/α,β-unsaturated/α-hetero) is 1. The summed E-state index contributed by atoms with van der Waals surface area (Å²) in [5, 5.41) is 0.910. The molecule has 0 atom stereocenters. The molecule has 1 heterocycles. The number of rotatable bonds is 5. The van der Waals surface area contributed by atoms with E-state index in [1.165, 1.54) is 42.5 Å². The zero-order valence-electron chi connectivity index (χ0n) is 12.0. The maximum atomic E-state index is 12.2. The van der Waals surface area contributed by atoms with E-state index < -0.39 is 10.0 Å². The number of thiazole rings is 1. The topological polar surface area (TPSA) is 76.1 Å². The van der Waals surface area contributed by atoms with Crippen molar-refractivity contribution in [2.24, 2.45) is 0 Å². The van der Waals surface area contributed by atoms with Crippen LogP contribution < -0.4 is 4.72 Å². The Bertz CT molecular complexity index is 762. The summed E-state index contributed by atoms with van der Waals surface area (Å²) >= 11 is 1.47. The molecule has 1 aromatic carbocycles. The average Bonchev–Trinajstić information content (AvgIpc) is 2.75. The third kappa shape index (κ3) is 3.75. The molecule has 0 radical (unpaired) electrons. The van der Waals surface area contributed by atoms with Gasteiger partial charge in [0.25, 0.3) is 0 Å². The van der Waals surface area contributed by atoms with E-state index in [1.54, 1.807) is 0 Å². The van der Waals surface area contributed by atoms with Gasteiger partial charge in [-0.15, -0.1) is 11.3 Å². The van der Waals surface area contributed by atoms with Crippen LogP contribution >= 0.6 is 11.3 Å². The van der Waals surface area contributed by atoms with Gasteiger partial charge in [0.2, 0.25) is 10.0 Å². The normalized spacial score (nSPS) is 11.6. The molecule has 1 N–H and O–H groups in total.